The molecule has 1 rings (SSSR count). The average Bonchev–Trinajstić information content (AvgIpc) is 2.16. The van der Waals surface area contributed by atoms with E-state index in [1.807, 2.05) is 25.1 Å². The van der Waals surface area contributed by atoms with E-state index in [-0.39, 0.29) is 5.92 Å². The van der Waals surface area contributed by atoms with Gasteiger partial charge in [-0.15, -0.1) is 6.42 Å². The van der Waals surface area contributed by atoms with Crippen LogP contribution in [-0.4, -0.2) is 7.11 Å². The van der Waals surface area contributed by atoms with Crippen LogP contribution < -0.4 is 4.74 Å². The van der Waals surface area contributed by atoms with E-state index in [0.717, 1.165) is 15.8 Å². The summed E-state index contributed by atoms with van der Waals surface area (Å²) >= 11 is 3.41. The second-order valence-electron chi connectivity index (χ2n) is 2.78. The van der Waals surface area contributed by atoms with Crippen molar-refractivity contribution in [3.8, 4) is 18.1 Å². The summed E-state index contributed by atoms with van der Waals surface area (Å²) in [6.07, 6.45) is 5.33. The molecule has 0 heterocycles. The molecule has 2 heteroatoms. The van der Waals surface area contributed by atoms with Crippen molar-refractivity contribution in [3.63, 3.8) is 0 Å². The summed E-state index contributed by atoms with van der Waals surface area (Å²) < 4.78 is 6.05. The van der Waals surface area contributed by atoms with Crippen molar-refractivity contribution >= 4 is 15.9 Å². The highest BCUT2D eigenvalue weighted by Crippen LogP contribution is 2.28. The normalized spacial score (nSPS) is 11.8. The molecule has 0 aliphatic carbocycles. The number of benzene rings is 1. The van der Waals surface area contributed by atoms with Crippen molar-refractivity contribution < 1.29 is 4.74 Å². The number of rotatable bonds is 2. The Kier molecular flexibility index (Phi) is 3.39. The predicted molar refractivity (Wildman–Crippen MR) is 57.9 cm³/mol. The molecule has 0 bridgehead atoms. The van der Waals surface area contributed by atoms with Gasteiger partial charge in [-0.05, 0) is 40.5 Å². The zero-order valence-electron chi connectivity index (χ0n) is 7.67. The van der Waals surface area contributed by atoms with Gasteiger partial charge in [0.25, 0.3) is 0 Å². The molecular formula is C11H11BrO. The second-order valence-corrected chi connectivity index (χ2v) is 3.64. The summed E-state index contributed by atoms with van der Waals surface area (Å²) in [5.74, 6) is 3.65. The number of ether oxygens (including phenoxy) is 1. The molecule has 1 aromatic rings. The molecular weight excluding hydrogens is 228 g/mol. The minimum absolute atomic E-state index is 0.141. The molecule has 0 aliphatic rings. The summed E-state index contributed by atoms with van der Waals surface area (Å²) in [7, 11) is 1.64. The molecule has 0 saturated heterocycles. The Morgan fingerprint density at radius 2 is 2.23 bits per heavy atom. The Labute approximate surface area is 87.2 Å². The number of halogens is 1. The van der Waals surface area contributed by atoms with E-state index in [2.05, 4.69) is 21.9 Å². The molecule has 1 unspecified atom stereocenters. The highest BCUT2D eigenvalue weighted by Gasteiger charge is 2.05. The maximum absolute atomic E-state index is 5.33. The summed E-state index contributed by atoms with van der Waals surface area (Å²) in [6, 6.07) is 5.88. The number of methoxy groups -OCH3 is 1. The Balaban J connectivity index is 3.04. The summed E-state index contributed by atoms with van der Waals surface area (Å²) in [5.41, 5.74) is 1.12. The Hall–Kier alpha value is -0.940. The lowest BCUT2D eigenvalue weighted by molar-refractivity contribution is 0.412. The van der Waals surface area contributed by atoms with Crippen LogP contribution in [-0.2, 0) is 0 Å². The molecule has 68 valence electrons. The standard InChI is InChI=1S/C11H11BrO/c1-4-8(2)9-5-6-11(13-3)10(12)7-9/h1,5-8H,2-3H3. The van der Waals surface area contributed by atoms with Crippen molar-refractivity contribution in [2.45, 2.75) is 12.8 Å². The van der Waals surface area contributed by atoms with Crippen molar-refractivity contribution in [1.29, 1.82) is 0 Å². The molecule has 0 spiro atoms. The third kappa shape index (κ3) is 2.26. The van der Waals surface area contributed by atoms with Crippen LogP contribution in [0.1, 0.15) is 18.4 Å². The van der Waals surface area contributed by atoms with Gasteiger partial charge in [0, 0.05) is 5.92 Å². The minimum atomic E-state index is 0.141. The van der Waals surface area contributed by atoms with Crippen LogP contribution in [0, 0.1) is 12.3 Å². The quantitative estimate of drug-likeness (QED) is 0.720. The zero-order chi connectivity index (χ0) is 9.84. The lowest BCUT2D eigenvalue weighted by atomic mass is 10.0. The number of hydrogen-bond donors (Lipinski definition) is 0. The molecule has 0 saturated carbocycles. The van der Waals surface area contributed by atoms with Crippen LogP contribution in [0.3, 0.4) is 0 Å². The zero-order valence-corrected chi connectivity index (χ0v) is 9.26. The van der Waals surface area contributed by atoms with Crippen molar-refractivity contribution in [3.05, 3.63) is 28.2 Å². The Morgan fingerprint density at radius 3 is 2.69 bits per heavy atom. The first kappa shape index (κ1) is 10.1. The van der Waals surface area contributed by atoms with E-state index in [1.54, 1.807) is 7.11 Å². The molecule has 0 fully saturated rings. The van der Waals surface area contributed by atoms with Crippen molar-refractivity contribution in [2.75, 3.05) is 7.11 Å². The van der Waals surface area contributed by atoms with Gasteiger partial charge in [-0.1, -0.05) is 12.0 Å². The topological polar surface area (TPSA) is 9.23 Å². The van der Waals surface area contributed by atoms with Gasteiger partial charge in [-0.25, -0.2) is 0 Å². The molecule has 1 aromatic carbocycles. The van der Waals surface area contributed by atoms with Gasteiger partial charge in [-0.3, -0.25) is 0 Å². The highest BCUT2D eigenvalue weighted by molar-refractivity contribution is 9.10. The fourth-order valence-electron chi connectivity index (χ4n) is 1.05. The van der Waals surface area contributed by atoms with Crippen LogP contribution in [0.4, 0.5) is 0 Å². The van der Waals surface area contributed by atoms with Crippen LogP contribution in [0.25, 0.3) is 0 Å². The van der Waals surface area contributed by atoms with Crippen LogP contribution in [0.2, 0.25) is 0 Å². The molecule has 0 aromatic heterocycles. The van der Waals surface area contributed by atoms with Gasteiger partial charge in [0.15, 0.2) is 0 Å². The first-order valence-corrected chi connectivity index (χ1v) is 4.78. The molecule has 13 heavy (non-hydrogen) atoms. The molecule has 0 amide bonds. The summed E-state index contributed by atoms with van der Waals surface area (Å²) in [4.78, 5) is 0. The number of terminal acetylenes is 1. The fourth-order valence-corrected chi connectivity index (χ4v) is 1.61. The minimum Gasteiger partial charge on any atom is -0.496 e. The van der Waals surface area contributed by atoms with Gasteiger partial charge in [-0.2, -0.15) is 0 Å². The lowest BCUT2D eigenvalue weighted by Crippen LogP contribution is -1.91. The van der Waals surface area contributed by atoms with Crippen LogP contribution in [0.15, 0.2) is 22.7 Å². The average molecular weight is 239 g/mol. The first-order valence-electron chi connectivity index (χ1n) is 3.98. The Bertz CT molecular complexity index is 338. The van der Waals surface area contributed by atoms with Crippen molar-refractivity contribution in [2.24, 2.45) is 0 Å². The molecule has 0 radical (unpaired) electrons. The third-order valence-corrected chi connectivity index (χ3v) is 2.55. The fraction of sp³-hybridized carbons (Fsp3) is 0.273. The maximum atomic E-state index is 5.33. The Morgan fingerprint density at radius 1 is 1.54 bits per heavy atom. The van der Waals surface area contributed by atoms with Gasteiger partial charge in [0.1, 0.15) is 5.75 Å². The van der Waals surface area contributed by atoms with E-state index < -0.39 is 0 Å². The predicted octanol–water partition coefficient (Wildman–Crippen LogP) is 3.19. The van der Waals surface area contributed by atoms with Crippen LogP contribution >= 0.6 is 15.9 Å². The first-order chi connectivity index (χ1) is 6.19. The van der Waals surface area contributed by atoms with E-state index in [4.69, 9.17) is 11.2 Å². The third-order valence-electron chi connectivity index (χ3n) is 1.93. The molecule has 1 atom stereocenters. The van der Waals surface area contributed by atoms with Gasteiger partial charge >= 0.3 is 0 Å². The summed E-state index contributed by atoms with van der Waals surface area (Å²) in [6.45, 7) is 1.99. The highest BCUT2D eigenvalue weighted by atomic mass is 79.9. The van der Waals surface area contributed by atoms with Gasteiger partial charge in [0.05, 0.1) is 11.6 Å². The van der Waals surface area contributed by atoms with Gasteiger partial charge in [0.2, 0.25) is 0 Å². The van der Waals surface area contributed by atoms with Crippen molar-refractivity contribution in [1.82, 2.24) is 0 Å². The van der Waals surface area contributed by atoms with E-state index in [1.165, 1.54) is 0 Å². The van der Waals surface area contributed by atoms with Gasteiger partial charge < -0.3 is 4.74 Å². The maximum Gasteiger partial charge on any atom is 0.133 e. The number of hydrogen-bond acceptors (Lipinski definition) is 1. The van der Waals surface area contributed by atoms with E-state index in [9.17, 15) is 0 Å². The monoisotopic (exact) mass is 238 g/mol. The van der Waals surface area contributed by atoms with Crippen LogP contribution in [0.5, 0.6) is 5.75 Å². The van der Waals surface area contributed by atoms with E-state index in [0.29, 0.717) is 0 Å². The SMILES string of the molecule is C#CC(C)c1ccc(OC)c(Br)c1. The lowest BCUT2D eigenvalue weighted by Gasteiger charge is -2.07. The molecule has 0 aliphatic heterocycles. The van der Waals surface area contributed by atoms with E-state index >= 15 is 0 Å². The summed E-state index contributed by atoms with van der Waals surface area (Å²) in [5, 5.41) is 0. The molecule has 0 N–H and O–H groups in total. The smallest absolute Gasteiger partial charge is 0.133 e. The molecule has 1 nitrogen and oxygen atoms in total. The second kappa shape index (κ2) is 4.34. The largest absolute Gasteiger partial charge is 0.496 e.